The number of nitrogens with one attached hydrogen (secondary N) is 2. The number of benzene rings is 1. The number of anilines is 1. The lowest BCUT2D eigenvalue weighted by molar-refractivity contribution is 0.580. The fraction of sp³-hybridized carbons (Fsp3) is 0.385. The number of halogens is 1. The van der Waals surface area contributed by atoms with Gasteiger partial charge in [-0.1, -0.05) is 28.1 Å². The lowest BCUT2D eigenvalue weighted by atomic mass is 10.1. The predicted molar refractivity (Wildman–Crippen MR) is 79.3 cm³/mol. The Bertz CT molecular complexity index is 574. The van der Waals surface area contributed by atoms with Crippen LogP contribution in [-0.4, -0.2) is 41.4 Å². The topological polar surface area (TPSA) is 56.8 Å². The second kappa shape index (κ2) is 5.30. The quantitative estimate of drug-likeness (QED) is 0.887. The number of nitrogens with zero attached hydrogens (tertiary/aromatic N) is 3. The Hall–Kier alpha value is -1.40. The van der Waals surface area contributed by atoms with Gasteiger partial charge in [-0.25, -0.2) is 0 Å². The Morgan fingerprint density at radius 3 is 2.84 bits per heavy atom. The first-order chi connectivity index (χ1) is 9.25. The van der Waals surface area contributed by atoms with Crippen molar-refractivity contribution in [1.29, 1.82) is 0 Å². The Balaban J connectivity index is 1.90. The molecule has 0 unspecified atom stereocenters. The summed E-state index contributed by atoms with van der Waals surface area (Å²) in [5.41, 5.74) is 2.26. The summed E-state index contributed by atoms with van der Waals surface area (Å²) >= 11 is 3.55. The molecule has 1 fully saturated rings. The Labute approximate surface area is 120 Å². The van der Waals surface area contributed by atoms with Crippen LogP contribution in [0.5, 0.6) is 0 Å². The molecule has 2 aromatic rings. The van der Waals surface area contributed by atoms with Crippen LogP contribution in [0.4, 0.5) is 5.95 Å². The minimum absolute atomic E-state index is 0.788. The second-order valence-corrected chi connectivity index (χ2v) is 5.49. The maximum atomic E-state index is 4.62. The number of aromatic amines is 1. The van der Waals surface area contributed by atoms with Gasteiger partial charge in [0.05, 0.1) is 0 Å². The summed E-state index contributed by atoms with van der Waals surface area (Å²) in [5, 5.41) is 10.7. The average molecular weight is 322 g/mol. The van der Waals surface area contributed by atoms with Crippen molar-refractivity contribution in [2.45, 2.75) is 6.92 Å². The van der Waals surface area contributed by atoms with Crippen molar-refractivity contribution in [3.63, 3.8) is 0 Å². The normalized spacial score (nSPS) is 15.8. The van der Waals surface area contributed by atoms with Gasteiger partial charge in [0, 0.05) is 36.2 Å². The highest BCUT2D eigenvalue weighted by atomic mass is 79.9. The van der Waals surface area contributed by atoms with Crippen LogP contribution in [-0.2, 0) is 0 Å². The van der Waals surface area contributed by atoms with E-state index in [0.717, 1.165) is 48.0 Å². The number of piperazine rings is 1. The highest BCUT2D eigenvalue weighted by Crippen LogP contribution is 2.27. The molecule has 0 radical (unpaired) electrons. The first-order valence-electron chi connectivity index (χ1n) is 6.39. The molecular formula is C13H16BrN5. The highest BCUT2D eigenvalue weighted by Gasteiger charge is 2.16. The largest absolute Gasteiger partial charge is 0.337 e. The minimum atomic E-state index is 0.788. The number of aromatic nitrogens is 3. The maximum Gasteiger partial charge on any atom is 0.245 e. The molecular weight excluding hydrogens is 306 g/mol. The summed E-state index contributed by atoms with van der Waals surface area (Å²) in [7, 11) is 0. The zero-order valence-corrected chi connectivity index (χ0v) is 12.4. The van der Waals surface area contributed by atoms with E-state index in [0.29, 0.717) is 0 Å². The van der Waals surface area contributed by atoms with Crippen molar-refractivity contribution in [1.82, 2.24) is 20.5 Å². The van der Waals surface area contributed by atoms with Gasteiger partial charge in [0.25, 0.3) is 0 Å². The third-order valence-corrected chi connectivity index (χ3v) is 4.26. The second-order valence-electron chi connectivity index (χ2n) is 4.63. The van der Waals surface area contributed by atoms with Crippen LogP contribution in [0.2, 0.25) is 0 Å². The van der Waals surface area contributed by atoms with E-state index in [1.54, 1.807) is 0 Å². The zero-order valence-electron chi connectivity index (χ0n) is 10.8. The summed E-state index contributed by atoms with van der Waals surface area (Å²) in [6.45, 7) is 5.95. The number of hydrogen-bond donors (Lipinski definition) is 2. The Morgan fingerprint density at radius 2 is 2.05 bits per heavy atom. The van der Waals surface area contributed by atoms with E-state index in [-0.39, 0.29) is 0 Å². The lowest BCUT2D eigenvalue weighted by Crippen LogP contribution is -2.44. The smallest absolute Gasteiger partial charge is 0.245 e. The molecule has 0 atom stereocenters. The molecule has 1 aliphatic rings. The van der Waals surface area contributed by atoms with Crippen molar-refractivity contribution < 1.29 is 0 Å². The molecule has 1 saturated heterocycles. The molecule has 0 bridgehead atoms. The van der Waals surface area contributed by atoms with Gasteiger partial charge in [-0.3, -0.25) is 5.10 Å². The summed E-state index contributed by atoms with van der Waals surface area (Å²) in [6, 6.07) is 6.11. The van der Waals surface area contributed by atoms with Crippen molar-refractivity contribution in [3.05, 3.63) is 28.2 Å². The van der Waals surface area contributed by atoms with Gasteiger partial charge >= 0.3 is 0 Å². The van der Waals surface area contributed by atoms with Crippen LogP contribution in [0.3, 0.4) is 0 Å². The van der Waals surface area contributed by atoms with Crippen molar-refractivity contribution in [2.75, 3.05) is 31.1 Å². The van der Waals surface area contributed by atoms with E-state index in [4.69, 9.17) is 0 Å². The fourth-order valence-electron chi connectivity index (χ4n) is 2.24. The Kier molecular flexibility index (Phi) is 3.52. The first-order valence-corrected chi connectivity index (χ1v) is 7.18. The highest BCUT2D eigenvalue weighted by molar-refractivity contribution is 9.10. The van der Waals surface area contributed by atoms with Crippen molar-refractivity contribution in [2.24, 2.45) is 0 Å². The number of rotatable bonds is 2. The SMILES string of the molecule is Cc1c(Br)cccc1-c1nc(N2CCNCC2)n[nH]1. The molecule has 1 aromatic carbocycles. The zero-order chi connectivity index (χ0) is 13.2. The third-order valence-electron chi connectivity index (χ3n) is 3.40. The van der Waals surface area contributed by atoms with E-state index in [9.17, 15) is 0 Å². The Morgan fingerprint density at radius 1 is 1.26 bits per heavy atom. The molecule has 1 aliphatic heterocycles. The lowest BCUT2D eigenvalue weighted by Gasteiger charge is -2.25. The number of hydrogen-bond acceptors (Lipinski definition) is 4. The molecule has 5 nitrogen and oxygen atoms in total. The summed E-state index contributed by atoms with van der Waals surface area (Å²) in [6.07, 6.45) is 0. The van der Waals surface area contributed by atoms with Crippen LogP contribution in [0.15, 0.2) is 22.7 Å². The van der Waals surface area contributed by atoms with Gasteiger partial charge in [-0.15, -0.1) is 5.10 Å². The molecule has 2 N–H and O–H groups in total. The van der Waals surface area contributed by atoms with Gasteiger partial charge in [0.2, 0.25) is 5.95 Å². The molecule has 6 heteroatoms. The van der Waals surface area contributed by atoms with Gasteiger partial charge in [0.15, 0.2) is 5.82 Å². The molecule has 2 heterocycles. The molecule has 3 rings (SSSR count). The summed E-state index contributed by atoms with van der Waals surface area (Å²) < 4.78 is 1.09. The van der Waals surface area contributed by atoms with Crippen LogP contribution < -0.4 is 10.2 Å². The molecule has 1 aromatic heterocycles. The summed E-state index contributed by atoms with van der Waals surface area (Å²) in [5.74, 6) is 1.61. The monoisotopic (exact) mass is 321 g/mol. The molecule has 0 spiro atoms. The molecule has 0 aliphatic carbocycles. The molecule has 0 amide bonds. The van der Waals surface area contributed by atoms with Gasteiger partial charge in [-0.05, 0) is 18.6 Å². The average Bonchev–Trinajstić information content (AvgIpc) is 2.92. The van der Waals surface area contributed by atoms with Crippen molar-refractivity contribution in [3.8, 4) is 11.4 Å². The van der Waals surface area contributed by atoms with E-state index in [1.165, 1.54) is 5.56 Å². The van der Waals surface area contributed by atoms with E-state index >= 15 is 0 Å². The van der Waals surface area contributed by atoms with Crippen LogP contribution >= 0.6 is 15.9 Å². The number of H-pyrrole nitrogens is 1. The van der Waals surface area contributed by atoms with Crippen LogP contribution in [0.1, 0.15) is 5.56 Å². The van der Waals surface area contributed by atoms with E-state index in [2.05, 4.69) is 54.3 Å². The van der Waals surface area contributed by atoms with Crippen LogP contribution in [0, 0.1) is 6.92 Å². The molecule has 100 valence electrons. The van der Waals surface area contributed by atoms with Gasteiger partial charge < -0.3 is 10.2 Å². The maximum absolute atomic E-state index is 4.62. The summed E-state index contributed by atoms with van der Waals surface area (Å²) in [4.78, 5) is 6.81. The van der Waals surface area contributed by atoms with Gasteiger partial charge in [0.1, 0.15) is 0 Å². The molecule has 0 saturated carbocycles. The first kappa shape index (κ1) is 12.6. The fourth-order valence-corrected chi connectivity index (χ4v) is 2.61. The van der Waals surface area contributed by atoms with E-state index in [1.807, 2.05) is 12.1 Å². The van der Waals surface area contributed by atoms with Crippen LogP contribution in [0.25, 0.3) is 11.4 Å². The third kappa shape index (κ3) is 2.50. The van der Waals surface area contributed by atoms with Gasteiger partial charge in [-0.2, -0.15) is 4.98 Å². The predicted octanol–water partition coefficient (Wildman–Crippen LogP) is 1.95. The van der Waals surface area contributed by atoms with Crippen molar-refractivity contribution >= 4 is 21.9 Å². The molecule has 19 heavy (non-hydrogen) atoms. The van der Waals surface area contributed by atoms with E-state index < -0.39 is 0 Å². The minimum Gasteiger partial charge on any atom is -0.337 e. The standard InChI is InChI=1S/C13H16BrN5/c1-9-10(3-2-4-11(9)14)12-16-13(18-17-12)19-7-5-15-6-8-19/h2-4,15H,5-8H2,1H3,(H,16,17,18).